The largest absolute Gasteiger partial charge is 0.413 e. The molecule has 5 heteroatoms. The summed E-state index contributed by atoms with van der Waals surface area (Å²) in [7, 11) is -3.76. The maximum atomic E-state index is 9.45. The van der Waals surface area contributed by atoms with Crippen LogP contribution in [0.4, 0.5) is 0 Å². The molecule has 0 aromatic heterocycles. The van der Waals surface area contributed by atoms with Crippen molar-refractivity contribution in [1.82, 2.24) is 0 Å². The first-order valence-electron chi connectivity index (χ1n) is 9.86. The van der Waals surface area contributed by atoms with Crippen molar-refractivity contribution < 1.29 is 14.0 Å². The predicted octanol–water partition coefficient (Wildman–Crippen LogP) is 6.04. The lowest BCUT2D eigenvalue weighted by molar-refractivity contribution is 0.0967. The van der Waals surface area contributed by atoms with Gasteiger partial charge in [0.15, 0.2) is 16.6 Å². The lowest BCUT2D eigenvalue weighted by atomic mass is 9.86. The van der Waals surface area contributed by atoms with Crippen molar-refractivity contribution in [3.05, 3.63) is 23.8 Å². The van der Waals surface area contributed by atoms with E-state index in [2.05, 4.69) is 74.3 Å². The molecule has 0 amide bonds. The lowest BCUT2D eigenvalue weighted by Crippen LogP contribution is -2.49. The number of aliphatic hydroxyl groups excluding tert-OH is 1. The third-order valence-corrected chi connectivity index (χ3v) is 15.6. The van der Waals surface area contributed by atoms with Gasteiger partial charge >= 0.3 is 0 Å². The van der Waals surface area contributed by atoms with Crippen molar-refractivity contribution in [3.63, 3.8) is 0 Å². The smallest absolute Gasteiger partial charge is 0.192 e. The van der Waals surface area contributed by atoms with Gasteiger partial charge in [-0.15, -0.1) is 0 Å². The Bertz CT molecular complexity index is 536. The zero-order chi connectivity index (χ0) is 20.6. The van der Waals surface area contributed by atoms with E-state index in [9.17, 15) is 5.11 Å². The molecule has 2 atom stereocenters. The van der Waals surface area contributed by atoms with E-state index in [1.807, 2.05) is 6.08 Å². The Labute approximate surface area is 164 Å². The van der Waals surface area contributed by atoms with E-state index >= 15 is 0 Å². The van der Waals surface area contributed by atoms with Gasteiger partial charge in [-0.1, -0.05) is 54.2 Å². The molecule has 1 aliphatic rings. The highest BCUT2D eigenvalue weighted by molar-refractivity contribution is 6.74. The molecule has 152 valence electrons. The Morgan fingerprint density at radius 3 is 1.88 bits per heavy atom. The molecule has 0 aliphatic heterocycles. The molecule has 3 nitrogen and oxygen atoms in total. The fourth-order valence-electron chi connectivity index (χ4n) is 2.71. The summed E-state index contributed by atoms with van der Waals surface area (Å²) >= 11 is 0. The van der Waals surface area contributed by atoms with E-state index in [0.29, 0.717) is 0 Å². The molecule has 0 aromatic carbocycles. The zero-order valence-electron chi connectivity index (χ0n) is 18.8. The minimum absolute atomic E-state index is 0.0165. The molecule has 0 spiro atoms. The second-order valence-electron chi connectivity index (χ2n) is 10.7. The number of hydrogen-bond acceptors (Lipinski definition) is 3. The minimum atomic E-state index is -1.91. The molecule has 1 saturated carbocycles. The maximum absolute atomic E-state index is 9.45. The SMILES string of the molecule is C=C1/C(=C\CO)C[C@H](O[Si](C)(C)C(C)(C)C)C[C@H]1O[Si](C)(C)C(C)(C)C. The standard InChI is InChI=1S/C21H42O3Si2/c1-16-17(12-13-22)14-18(23-25(8,9)20(2,3)4)15-19(16)24-26(10,11)21(5,6)7/h12,18-19,22H,1,13-15H2,2-11H3/b17-12-/t18-,19+/m0/s1. The van der Waals surface area contributed by atoms with Gasteiger partial charge in [0.1, 0.15) is 0 Å². The van der Waals surface area contributed by atoms with Gasteiger partial charge in [-0.25, -0.2) is 0 Å². The van der Waals surface area contributed by atoms with E-state index in [1.165, 1.54) is 0 Å². The highest BCUT2D eigenvalue weighted by atomic mass is 28.4. The van der Waals surface area contributed by atoms with Gasteiger partial charge in [0.25, 0.3) is 0 Å². The van der Waals surface area contributed by atoms with Crippen LogP contribution in [0, 0.1) is 0 Å². The first-order valence-corrected chi connectivity index (χ1v) is 15.7. The monoisotopic (exact) mass is 398 g/mol. The Morgan fingerprint density at radius 2 is 1.46 bits per heavy atom. The average molecular weight is 399 g/mol. The van der Waals surface area contributed by atoms with Gasteiger partial charge in [0.05, 0.1) is 18.8 Å². The molecule has 0 radical (unpaired) electrons. The van der Waals surface area contributed by atoms with Crippen LogP contribution in [0.15, 0.2) is 23.8 Å². The summed E-state index contributed by atoms with van der Waals surface area (Å²) in [5.74, 6) is 0. The van der Waals surface area contributed by atoms with Crippen LogP contribution in [-0.2, 0) is 8.85 Å². The molecule has 1 rings (SSSR count). The van der Waals surface area contributed by atoms with E-state index in [0.717, 1.165) is 24.0 Å². The van der Waals surface area contributed by atoms with E-state index in [-0.39, 0.29) is 28.9 Å². The highest BCUT2D eigenvalue weighted by Gasteiger charge is 2.44. The summed E-state index contributed by atoms with van der Waals surface area (Å²) in [5.41, 5.74) is 2.13. The van der Waals surface area contributed by atoms with Crippen LogP contribution in [0.1, 0.15) is 54.4 Å². The maximum Gasteiger partial charge on any atom is 0.192 e. The van der Waals surface area contributed by atoms with E-state index < -0.39 is 16.6 Å². The van der Waals surface area contributed by atoms with Crippen molar-refractivity contribution in [2.75, 3.05) is 6.61 Å². The Balaban J connectivity index is 3.08. The third kappa shape index (κ3) is 5.65. The molecule has 0 heterocycles. The summed E-state index contributed by atoms with van der Waals surface area (Å²) in [4.78, 5) is 0. The summed E-state index contributed by atoms with van der Waals surface area (Å²) in [5, 5.41) is 9.78. The van der Waals surface area contributed by atoms with Crippen molar-refractivity contribution in [3.8, 4) is 0 Å². The molecule has 1 fully saturated rings. The van der Waals surface area contributed by atoms with Crippen LogP contribution in [0.5, 0.6) is 0 Å². The van der Waals surface area contributed by atoms with E-state index in [1.54, 1.807) is 0 Å². The molecule has 1 N–H and O–H groups in total. The fraction of sp³-hybridized carbons (Fsp3) is 0.810. The van der Waals surface area contributed by atoms with Gasteiger partial charge in [-0.3, -0.25) is 0 Å². The fourth-order valence-corrected chi connectivity index (χ4v) is 5.38. The molecule has 0 saturated heterocycles. The van der Waals surface area contributed by atoms with E-state index in [4.69, 9.17) is 8.85 Å². The van der Waals surface area contributed by atoms with Crippen LogP contribution < -0.4 is 0 Å². The summed E-state index contributed by atoms with van der Waals surface area (Å²) < 4.78 is 13.4. The summed E-state index contributed by atoms with van der Waals surface area (Å²) in [6, 6.07) is 0. The van der Waals surface area contributed by atoms with Gasteiger partial charge in [0, 0.05) is 6.42 Å². The Morgan fingerprint density at radius 1 is 1.00 bits per heavy atom. The number of aliphatic hydroxyl groups is 1. The van der Waals surface area contributed by atoms with Crippen molar-refractivity contribution >= 4 is 16.6 Å². The van der Waals surface area contributed by atoms with Crippen LogP contribution in [0.3, 0.4) is 0 Å². The average Bonchev–Trinajstić information content (AvgIpc) is 2.40. The third-order valence-electron chi connectivity index (χ3n) is 6.57. The van der Waals surface area contributed by atoms with Crippen LogP contribution in [0.25, 0.3) is 0 Å². The molecule has 0 aromatic rings. The van der Waals surface area contributed by atoms with Crippen molar-refractivity contribution in [2.45, 2.75) is 103 Å². The number of rotatable bonds is 5. The Kier molecular flexibility index (Phi) is 7.37. The molecule has 0 unspecified atom stereocenters. The molecule has 26 heavy (non-hydrogen) atoms. The van der Waals surface area contributed by atoms with Crippen molar-refractivity contribution in [1.29, 1.82) is 0 Å². The summed E-state index contributed by atoms with van der Waals surface area (Å²) in [6.45, 7) is 27.1. The summed E-state index contributed by atoms with van der Waals surface area (Å²) in [6.07, 6.45) is 3.68. The predicted molar refractivity (Wildman–Crippen MR) is 118 cm³/mol. The van der Waals surface area contributed by atoms with Crippen LogP contribution >= 0.6 is 0 Å². The van der Waals surface area contributed by atoms with Gasteiger partial charge in [-0.05, 0) is 53.8 Å². The highest BCUT2D eigenvalue weighted by Crippen LogP contribution is 2.43. The molecule has 1 aliphatic carbocycles. The van der Waals surface area contributed by atoms with Gasteiger partial charge in [0.2, 0.25) is 0 Å². The van der Waals surface area contributed by atoms with Crippen LogP contribution in [-0.4, -0.2) is 40.6 Å². The lowest BCUT2D eigenvalue weighted by Gasteiger charge is -2.45. The number of hydrogen-bond donors (Lipinski definition) is 1. The second kappa shape index (κ2) is 8.04. The normalized spacial score (nSPS) is 25.0. The topological polar surface area (TPSA) is 38.7 Å². The molecular formula is C21H42O3Si2. The quantitative estimate of drug-likeness (QED) is 0.574. The van der Waals surface area contributed by atoms with Gasteiger partial charge in [-0.2, -0.15) is 0 Å². The molecular weight excluding hydrogens is 356 g/mol. The first-order chi connectivity index (χ1) is 11.5. The first kappa shape index (κ1) is 23.8. The molecule has 0 bridgehead atoms. The minimum Gasteiger partial charge on any atom is -0.413 e. The zero-order valence-corrected chi connectivity index (χ0v) is 20.8. The van der Waals surface area contributed by atoms with Crippen molar-refractivity contribution in [2.24, 2.45) is 0 Å². The Hall–Kier alpha value is -0.206. The van der Waals surface area contributed by atoms with Crippen LogP contribution in [0.2, 0.25) is 36.3 Å². The second-order valence-corrected chi connectivity index (χ2v) is 20.3. The van der Waals surface area contributed by atoms with Gasteiger partial charge < -0.3 is 14.0 Å².